The molecule has 0 N–H and O–H groups in total. The van der Waals surface area contributed by atoms with Crippen molar-refractivity contribution in [3.8, 4) is 0 Å². The summed E-state index contributed by atoms with van der Waals surface area (Å²) in [6.45, 7) is 6.72. The van der Waals surface area contributed by atoms with Gasteiger partial charge in [-0.2, -0.15) is 0 Å². The van der Waals surface area contributed by atoms with Gasteiger partial charge >= 0.3 is 5.97 Å². The van der Waals surface area contributed by atoms with Crippen LogP contribution in [0.4, 0.5) is 0 Å². The van der Waals surface area contributed by atoms with Crippen LogP contribution in [-0.4, -0.2) is 42.9 Å². The first-order chi connectivity index (χ1) is 10.2. The Morgan fingerprint density at radius 2 is 2.05 bits per heavy atom. The van der Waals surface area contributed by atoms with Gasteiger partial charge in [-0.05, 0) is 50.0 Å². The minimum Gasteiger partial charge on any atom is -0.465 e. The van der Waals surface area contributed by atoms with E-state index in [1.165, 1.54) is 30.4 Å². The molecule has 21 heavy (non-hydrogen) atoms. The van der Waals surface area contributed by atoms with Crippen molar-refractivity contribution in [1.82, 2.24) is 4.90 Å². The number of carbonyl (C=O) groups excluding carboxylic acids is 1. The summed E-state index contributed by atoms with van der Waals surface area (Å²) in [7, 11) is 1.45. The Kier molecular flexibility index (Phi) is 6.12. The summed E-state index contributed by atoms with van der Waals surface area (Å²) >= 11 is 1.87. The maximum Gasteiger partial charge on any atom is 0.338 e. The number of carbonyl (C=O) groups is 1. The average Bonchev–Trinajstić information content (AvgIpc) is 2.53. The Bertz CT molecular complexity index is 484. The van der Waals surface area contributed by atoms with E-state index in [9.17, 15) is 4.79 Å². The van der Waals surface area contributed by atoms with Gasteiger partial charge in [-0.25, -0.2) is 4.79 Å². The van der Waals surface area contributed by atoms with Crippen LogP contribution in [0.1, 0.15) is 42.6 Å². The number of hydrogen-bond acceptors (Lipinski definition) is 4. The maximum absolute atomic E-state index is 12.0. The molecule has 1 atom stereocenters. The molecule has 3 nitrogen and oxygen atoms in total. The third kappa shape index (κ3) is 3.80. The number of methoxy groups -OCH3 is 1. The molecule has 0 bridgehead atoms. The minimum atomic E-state index is -0.217. The Labute approximate surface area is 132 Å². The van der Waals surface area contributed by atoms with Crippen molar-refractivity contribution in [3.63, 3.8) is 0 Å². The van der Waals surface area contributed by atoms with Crippen LogP contribution in [-0.2, 0) is 11.2 Å². The normalized spacial score (nSPS) is 17.6. The molecule has 1 heterocycles. The molecule has 0 spiro atoms. The molecule has 2 rings (SSSR count). The van der Waals surface area contributed by atoms with Gasteiger partial charge in [0.1, 0.15) is 0 Å². The molecule has 1 unspecified atom stereocenters. The summed E-state index contributed by atoms with van der Waals surface area (Å²) in [6, 6.07) is 6.48. The Morgan fingerprint density at radius 3 is 2.67 bits per heavy atom. The predicted octanol–water partition coefficient (Wildman–Crippen LogP) is 3.61. The summed E-state index contributed by atoms with van der Waals surface area (Å²) in [5.74, 6) is 0.892. The summed E-state index contributed by atoms with van der Waals surface area (Å²) in [4.78, 5) is 15.8. The van der Waals surface area contributed by atoms with Crippen molar-refractivity contribution in [2.75, 3.05) is 26.0 Å². The van der Waals surface area contributed by atoms with Gasteiger partial charge in [-0.3, -0.25) is 4.90 Å². The number of hydrogen-bond donors (Lipinski definition) is 0. The number of nitrogens with zero attached hydrogens (tertiary/aromatic N) is 1. The van der Waals surface area contributed by atoms with Crippen molar-refractivity contribution in [2.24, 2.45) is 0 Å². The van der Waals surface area contributed by atoms with Gasteiger partial charge in [0.2, 0.25) is 0 Å². The standard InChI is InChI=1S/C17H25NO2S/c1-4-9-18(10-5-2)13-11-15-14(17(19)20-3)7-6-8-16(15)21-12-13/h6-8,13H,4-5,9-12H2,1-3H3. The number of rotatable bonds is 6. The summed E-state index contributed by atoms with van der Waals surface area (Å²) in [5, 5.41) is 0. The zero-order chi connectivity index (χ0) is 15.2. The molecule has 0 saturated heterocycles. The molecule has 1 aliphatic rings. The van der Waals surface area contributed by atoms with E-state index in [-0.39, 0.29) is 5.97 Å². The van der Waals surface area contributed by atoms with E-state index >= 15 is 0 Å². The van der Waals surface area contributed by atoms with E-state index in [1.807, 2.05) is 23.9 Å². The highest BCUT2D eigenvalue weighted by Gasteiger charge is 2.27. The fourth-order valence-electron chi connectivity index (χ4n) is 2.98. The highest BCUT2D eigenvalue weighted by atomic mass is 32.2. The molecule has 0 fully saturated rings. The van der Waals surface area contributed by atoms with Crippen LogP contribution in [0.3, 0.4) is 0 Å². The van der Waals surface area contributed by atoms with Crippen LogP contribution in [0.15, 0.2) is 23.1 Å². The first kappa shape index (κ1) is 16.4. The second kappa shape index (κ2) is 7.85. The van der Waals surface area contributed by atoms with Crippen molar-refractivity contribution < 1.29 is 9.53 Å². The van der Waals surface area contributed by atoms with Crippen LogP contribution < -0.4 is 0 Å². The number of benzene rings is 1. The van der Waals surface area contributed by atoms with E-state index in [1.54, 1.807) is 0 Å². The van der Waals surface area contributed by atoms with Crippen molar-refractivity contribution in [3.05, 3.63) is 29.3 Å². The Balaban J connectivity index is 2.23. The fourth-order valence-corrected chi connectivity index (χ4v) is 4.22. The van der Waals surface area contributed by atoms with Crippen LogP contribution in [0.2, 0.25) is 0 Å². The minimum absolute atomic E-state index is 0.217. The molecular weight excluding hydrogens is 282 g/mol. The molecule has 0 saturated carbocycles. The molecule has 1 aromatic carbocycles. The average molecular weight is 307 g/mol. The van der Waals surface area contributed by atoms with E-state index in [0.29, 0.717) is 6.04 Å². The first-order valence-corrected chi connectivity index (χ1v) is 8.76. The summed E-state index contributed by atoms with van der Waals surface area (Å²) < 4.78 is 4.93. The molecule has 4 heteroatoms. The molecule has 0 aliphatic carbocycles. The van der Waals surface area contributed by atoms with E-state index in [2.05, 4.69) is 24.8 Å². The van der Waals surface area contributed by atoms with Crippen molar-refractivity contribution in [2.45, 2.75) is 44.0 Å². The van der Waals surface area contributed by atoms with Crippen LogP contribution >= 0.6 is 11.8 Å². The lowest BCUT2D eigenvalue weighted by Gasteiger charge is -2.35. The Morgan fingerprint density at radius 1 is 1.33 bits per heavy atom. The zero-order valence-electron chi connectivity index (χ0n) is 13.2. The summed E-state index contributed by atoms with van der Waals surface area (Å²) in [5.41, 5.74) is 1.91. The number of thioether (sulfide) groups is 1. The second-order valence-electron chi connectivity index (χ2n) is 5.48. The van der Waals surface area contributed by atoms with Gasteiger partial charge in [-0.15, -0.1) is 11.8 Å². The topological polar surface area (TPSA) is 29.5 Å². The highest BCUT2D eigenvalue weighted by Crippen LogP contribution is 2.34. The third-order valence-electron chi connectivity index (χ3n) is 3.95. The summed E-state index contributed by atoms with van der Waals surface area (Å²) in [6.07, 6.45) is 3.30. The first-order valence-electron chi connectivity index (χ1n) is 7.78. The second-order valence-corrected chi connectivity index (χ2v) is 6.54. The van der Waals surface area contributed by atoms with Gasteiger partial charge in [0.05, 0.1) is 12.7 Å². The lowest BCUT2D eigenvalue weighted by molar-refractivity contribution is 0.0598. The molecular formula is C17H25NO2S. The predicted molar refractivity (Wildman–Crippen MR) is 88.2 cm³/mol. The van der Waals surface area contributed by atoms with E-state index < -0.39 is 0 Å². The van der Waals surface area contributed by atoms with E-state index in [4.69, 9.17) is 4.74 Å². The fraction of sp³-hybridized carbons (Fsp3) is 0.588. The number of fused-ring (bicyclic) bond motifs is 1. The quantitative estimate of drug-likeness (QED) is 0.751. The SMILES string of the molecule is CCCN(CCC)C1CSc2cccc(C(=O)OC)c2C1. The van der Waals surface area contributed by atoms with Gasteiger partial charge in [-0.1, -0.05) is 19.9 Å². The van der Waals surface area contributed by atoms with Gasteiger partial charge in [0, 0.05) is 16.7 Å². The number of esters is 1. The molecule has 0 radical (unpaired) electrons. The van der Waals surface area contributed by atoms with Gasteiger partial charge < -0.3 is 4.74 Å². The van der Waals surface area contributed by atoms with Gasteiger partial charge in [0.15, 0.2) is 0 Å². The third-order valence-corrected chi connectivity index (χ3v) is 5.19. The largest absolute Gasteiger partial charge is 0.465 e. The smallest absolute Gasteiger partial charge is 0.338 e. The lowest BCUT2D eigenvalue weighted by atomic mass is 9.99. The van der Waals surface area contributed by atoms with E-state index in [0.717, 1.165) is 30.8 Å². The van der Waals surface area contributed by atoms with Gasteiger partial charge in [0.25, 0.3) is 0 Å². The molecule has 1 aliphatic heterocycles. The van der Waals surface area contributed by atoms with Crippen LogP contribution in [0.25, 0.3) is 0 Å². The maximum atomic E-state index is 12.0. The molecule has 0 amide bonds. The van der Waals surface area contributed by atoms with Crippen molar-refractivity contribution in [1.29, 1.82) is 0 Å². The van der Waals surface area contributed by atoms with Crippen LogP contribution in [0.5, 0.6) is 0 Å². The molecule has 116 valence electrons. The number of ether oxygens (including phenoxy) is 1. The monoisotopic (exact) mass is 307 g/mol. The highest BCUT2D eigenvalue weighted by molar-refractivity contribution is 7.99. The molecule has 1 aromatic rings. The lowest BCUT2D eigenvalue weighted by Crippen LogP contribution is -2.41. The zero-order valence-corrected chi connectivity index (χ0v) is 14.0. The molecule has 0 aromatic heterocycles. The van der Waals surface area contributed by atoms with Crippen LogP contribution in [0, 0.1) is 0 Å². The van der Waals surface area contributed by atoms with Crippen molar-refractivity contribution >= 4 is 17.7 Å². The Hall–Kier alpha value is -1.00.